The van der Waals surface area contributed by atoms with Gasteiger partial charge < -0.3 is 10.1 Å². The van der Waals surface area contributed by atoms with E-state index in [1.54, 1.807) is 41.2 Å². The molecule has 0 spiro atoms. The van der Waals surface area contributed by atoms with Crippen LogP contribution in [-0.4, -0.2) is 26.6 Å². The lowest BCUT2D eigenvalue weighted by atomic mass is 10.2. The Kier molecular flexibility index (Phi) is 5.03. The molecule has 1 N–H and O–H groups in total. The SMILES string of the molecule is CC(=O)Nc1cccc(OC(=O)c2cnc3c(cnn3Cc3ccccc3)c2)c1. The lowest BCUT2D eigenvalue weighted by molar-refractivity contribution is -0.114. The third kappa shape index (κ3) is 4.30. The van der Waals surface area contributed by atoms with Gasteiger partial charge in [-0.25, -0.2) is 14.5 Å². The second-order valence-electron chi connectivity index (χ2n) is 6.52. The Hall–Kier alpha value is -4.00. The largest absolute Gasteiger partial charge is 0.423 e. The Labute approximate surface area is 167 Å². The Bertz CT molecular complexity index is 1190. The first-order chi connectivity index (χ1) is 14.1. The molecule has 0 saturated heterocycles. The zero-order chi connectivity index (χ0) is 20.2. The van der Waals surface area contributed by atoms with Crippen molar-refractivity contribution in [2.75, 3.05) is 5.32 Å². The molecule has 0 fully saturated rings. The summed E-state index contributed by atoms with van der Waals surface area (Å²) in [6, 6.07) is 18.3. The van der Waals surface area contributed by atoms with E-state index in [4.69, 9.17) is 4.74 Å². The van der Waals surface area contributed by atoms with E-state index in [2.05, 4.69) is 15.4 Å². The third-order valence-electron chi connectivity index (χ3n) is 4.25. The monoisotopic (exact) mass is 386 g/mol. The van der Waals surface area contributed by atoms with Gasteiger partial charge in [0.1, 0.15) is 5.75 Å². The van der Waals surface area contributed by atoms with Crippen molar-refractivity contribution in [1.82, 2.24) is 14.8 Å². The standard InChI is InChI=1S/C22H18N4O3/c1-15(27)25-19-8-5-9-20(11-19)29-22(28)18-10-17-13-24-26(21(17)23-12-18)14-16-6-3-2-4-7-16/h2-13H,14H2,1H3,(H,25,27). The molecule has 2 aromatic carbocycles. The molecule has 7 heteroatoms. The van der Waals surface area contributed by atoms with E-state index in [0.717, 1.165) is 10.9 Å². The van der Waals surface area contributed by atoms with Crippen molar-refractivity contribution in [1.29, 1.82) is 0 Å². The number of hydrogen-bond acceptors (Lipinski definition) is 5. The fourth-order valence-electron chi connectivity index (χ4n) is 2.96. The van der Waals surface area contributed by atoms with Crippen LogP contribution in [0.2, 0.25) is 0 Å². The van der Waals surface area contributed by atoms with Gasteiger partial charge in [-0.1, -0.05) is 36.4 Å². The van der Waals surface area contributed by atoms with Gasteiger partial charge in [-0.3, -0.25) is 4.79 Å². The van der Waals surface area contributed by atoms with E-state index in [9.17, 15) is 9.59 Å². The molecule has 0 radical (unpaired) electrons. The minimum absolute atomic E-state index is 0.198. The van der Waals surface area contributed by atoms with Crippen molar-refractivity contribution in [2.45, 2.75) is 13.5 Å². The fourth-order valence-corrected chi connectivity index (χ4v) is 2.96. The van der Waals surface area contributed by atoms with E-state index in [0.29, 0.717) is 29.2 Å². The summed E-state index contributed by atoms with van der Waals surface area (Å²) in [4.78, 5) is 28.1. The molecule has 7 nitrogen and oxygen atoms in total. The highest BCUT2D eigenvalue weighted by molar-refractivity contribution is 5.94. The van der Waals surface area contributed by atoms with Crippen molar-refractivity contribution in [3.63, 3.8) is 0 Å². The normalized spacial score (nSPS) is 10.7. The molecule has 0 saturated carbocycles. The van der Waals surface area contributed by atoms with E-state index in [1.807, 2.05) is 30.3 Å². The van der Waals surface area contributed by atoms with Crippen LogP contribution in [-0.2, 0) is 11.3 Å². The summed E-state index contributed by atoms with van der Waals surface area (Å²) in [5.41, 5.74) is 2.68. The second kappa shape index (κ2) is 7.93. The number of nitrogens with one attached hydrogen (secondary N) is 1. The summed E-state index contributed by atoms with van der Waals surface area (Å²) >= 11 is 0. The predicted molar refractivity (Wildman–Crippen MR) is 109 cm³/mol. The molecule has 4 aromatic rings. The Morgan fingerprint density at radius 2 is 1.86 bits per heavy atom. The highest BCUT2D eigenvalue weighted by atomic mass is 16.5. The van der Waals surface area contributed by atoms with Gasteiger partial charge in [0.25, 0.3) is 0 Å². The van der Waals surface area contributed by atoms with Crippen LogP contribution in [0, 0.1) is 0 Å². The number of carbonyl (C=O) groups is 2. The van der Waals surface area contributed by atoms with Crippen molar-refractivity contribution in [3.05, 3.63) is 84.2 Å². The Morgan fingerprint density at radius 1 is 1.03 bits per heavy atom. The van der Waals surface area contributed by atoms with Crippen LogP contribution < -0.4 is 10.1 Å². The lowest BCUT2D eigenvalue weighted by Crippen LogP contribution is -2.10. The quantitative estimate of drug-likeness (QED) is 0.418. The number of rotatable bonds is 5. The average Bonchev–Trinajstić information content (AvgIpc) is 3.10. The molecule has 0 aliphatic heterocycles. The van der Waals surface area contributed by atoms with Crippen LogP contribution >= 0.6 is 0 Å². The average molecular weight is 386 g/mol. The smallest absolute Gasteiger partial charge is 0.345 e. The van der Waals surface area contributed by atoms with Crippen LogP contribution in [0.5, 0.6) is 5.75 Å². The molecular formula is C22H18N4O3. The minimum Gasteiger partial charge on any atom is -0.423 e. The molecule has 144 valence electrons. The van der Waals surface area contributed by atoms with Gasteiger partial charge in [0.05, 0.1) is 18.3 Å². The van der Waals surface area contributed by atoms with E-state index < -0.39 is 5.97 Å². The molecule has 0 unspecified atom stereocenters. The van der Waals surface area contributed by atoms with Gasteiger partial charge in [0.15, 0.2) is 5.65 Å². The molecule has 0 aliphatic carbocycles. The number of carbonyl (C=O) groups excluding carboxylic acids is 2. The number of esters is 1. The number of aromatic nitrogens is 3. The predicted octanol–water partition coefficient (Wildman–Crippen LogP) is 3.66. The number of anilines is 1. The van der Waals surface area contributed by atoms with E-state index >= 15 is 0 Å². The molecule has 29 heavy (non-hydrogen) atoms. The summed E-state index contributed by atoms with van der Waals surface area (Å²) in [5.74, 6) is -0.396. The number of nitrogens with zero attached hydrogens (tertiary/aromatic N) is 3. The minimum atomic E-state index is -0.532. The molecule has 4 rings (SSSR count). The molecule has 0 bridgehead atoms. The van der Waals surface area contributed by atoms with Gasteiger partial charge in [0, 0.05) is 30.3 Å². The topological polar surface area (TPSA) is 86.1 Å². The number of hydrogen-bond donors (Lipinski definition) is 1. The second-order valence-corrected chi connectivity index (χ2v) is 6.52. The first-order valence-corrected chi connectivity index (χ1v) is 9.04. The highest BCUT2D eigenvalue weighted by Gasteiger charge is 2.13. The number of fused-ring (bicyclic) bond motifs is 1. The zero-order valence-corrected chi connectivity index (χ0v) is 15.7. The molecule has 0 aliphatic rings. The maximum Gasteiger partial charge on any atom is 0.345 e. The zero-order valence-electron chi connectivity index (χ0n) is 15.7. The van der Waals surface area contributed by atoms with E-state index in [-0.39, 0.29) is 5.91 Å². The molecule has 1 amide bonds. The molecule has 2 aromatic heterocycles. The Morgan fingerprint density at radius 3 is 2.66 bits per heavy atom. The van der Waals surface area contributed by atoms with Gasteiger partial charge in [-0.2, -0.15) is 5.10 Å². The fraction of sp³-hybridized carbons (Fsp3) is 0.0909. The number of amides is 1. The highest BCUT2D eigenvalue weighted by Crippen LogP contribution is 2.20. The van der Waals surface area contributed by atoms with E-state index in [1.165, 1.54) is 13.1 Å². The molecular weight excluding hydrogens is 368 g/mol. The summed E-state index contributed by atoms with van der Waals surface area (Å²) < 4.78 is 7.20. The summed E-state index contributed by atoms with van der Waals surface area (Å²) in [6.07, 6.45) is 3.16. The van der Waals surface area contributed by atoms with Crippen LogP contribution in [0.25, 0.3) is 11.0 Å². The van der Waals surface area contributed by atoms with Crippen molar-refractivity contribution < 1.29 is 14.3 Å². The van der Waals surface area contributed by atoms with Gasteiger partial charge >= 0.3 is 5.97 Å². The summed E-state index contributed by atoms with van der Waals surface area (Å²) in [6.45, 7) is 2.01. The first-order valence-electron chi connectivity index (χ1n) is 9.04. The first kappa shape index (κ1) is 18.4. The molecule has 2 heterocycles. The van der Waals surface area contributed by atoms with Crippen LogP contribution in [0.1, 0.15) is 22.8 Å². The van der Waals surface area contributed by atoms with Crippen molar-refractivity contribution in [2.24, 2.45) is 0 Å². The van der Waals surface area contributed by atoms with Crippen LogP contribution in [0.3, 0.4) is 0 Å². The lowest BCUT2D eigenvalue weighted by Gasteiger charge is -2.07. The third-order valence-corrected chi connectivity index (χ3v) is 4.25. The number of benzene rings is 2. The summed E-state index contributed by atoms with van der Waals surface area (Å²) in [7, 11) is 0. The maximum absolute atomic E-state index is 12.5. The van der Waals surface area contributed by atoms with Gasteiger partial charge in [-0.05, 0) is 23.8 Å². The Balaban J connectivity index is 1.52. The summed E-state index contributed by atoms with van der Waals surface area (Å²) in [5, 5.41) is 7.78. The van der Waals surface area contributed by atoms with Crippen molar-refractivity contribution >= 4 is 28.6 Å². The van der Waals surface area contributed by atoms with Crippen molar-refractivity contribution in [3.8, 4) is 5.75 Å². The van der Waals surface area contributed by atoms with Gasteiger partial charge in [-0.15, -0.1) is 0 Å². The van der Waals surface area contributed by atoms with Crippen LogP contribution in [0.15, 0.2) is 73.1 Å². The number of ether oxygens (including phenoxy) is 1. The number of pyridine rings is 1. The van der Waals surface area contributed by atoms with Crippen LogP contribution in [0.4, 0.5) is 5.69 Å². The molecule has 0 atom stereocenters. The van der Waals surface area contributed by atoms with Gasteiger partial charge in [0.2, 0.25) is 5.91 Å². The maximum atomic E-state index is 12.5.